The zero-order valence-corrected chi connectivity index (χ0v) is 10.7. The number of carbonyl (C=O) groups excluding carboxylic acids is 1. The van der Waals surface area contributed by atoms with E-state index in [-0.39, 0.29) is 30.8 Å². The Morgan fingerprint density at radius 3 is 2.39 bits per heavy atom. The SMILES string of the molecule is CC(O)(CNC(=O)C1CCC(N)CC1)CC(=O)O. The number of aliphatic hydroxyl groups is 1. The molecule has 0 aromatic rings. The summed E-state index contributed by atoms with van der Waals surface area (Å²) in [7, 11) is 0. The second-order valence-electron chi connectivity index (χ2n) is 5.40. The summed E-state index contributed by atoms with van der Waals surface area (Å²) in [5, 5.41) is 21.0. The molecule has 1 rings (SSSR count). The zero-order valence-electron chi connectivity index (χ0n) is 10.7. The van der Waals surface area contributed by atoms with Gasteiger partial charge < -0.3 is 21.3 Å². The third-order valence-corrected chi connectivity index (χ3v) is 3.32. The molecule has 0 heterocycles. The zero-order chi connectivity index (χ0) is 13.8. The number of hydrogen-bond acceptors (Lipinski definition) is 4. The predicted molar refractivity (Wildman–Crippen MR) is 65.8 cm³/mol. The van der Waals surface area contributed by atoms with Gasteiger partial charge in [-0.15, -0.1) is 0 Å². The van der Waals surface area contributed by atoms with Gasteiger partial charge in [0.25, 0.3) is 0 Å². The van der Waals surface area contributed by atoms with E-state index in [1.54, 1.807) is 0 Å². The standard InChI is InChI=1S/C12H22N2O4/c1-12(18,6-10(15)16)7-14-11(17)8-2-4-9(13)5-3-8/h8-9,18H,2-7,13H2,1H3,(H,14,17)(H,15,16). The average molecular weight is 258 g/mol. The molecule has 1 aliphatic carbocycles. The highest BCUT2D eigenvalue weighted by Crippen LogP contribution is 2.23. The number of nitrogens with one attached hydrogen (secondary N) is 1. The van der Waals surface area contributed by atoms with Crippen LogP contribution in [0.15, 0.2) is 0 Å². The smallest absolute Gasteiger partial charge is 0.306 e. The molecule has 1 aliphatic rings. The fraction of sp³-hybridized carbons (Fsp3) is 0.833. The number of rotatable bonds is 5. The van der Waals surface area contributed by atoms with Crippen molar-refractivity contribution in [2.45, 2.75) is 50.7 Å². The quantitative estimate of drug-likeness (QED) is 0.547. The summed E-state index contributed by atoms with van der Waals surface area (Å²) < 4.78 is 0. The van der Waals surface area contributed by atoms with Crippen LogP contribution in [-0.4, -0.2) is 40.3 Å². The van der Waals surface area contributed by atoms with Gasteiger partial charge >= 0.3 is 5.97 Å². The largest absolute Gasteiger partial charge is 0.481 e. The topological polar surface area (TPSA) is 113 Å². The summed E-state index contributed by atoms with van der Waals surface area (Å²) in [6.45, 7) is 1.36. The number of carbonyl (C=O) groups is 2. The first-order valence-electron chi connectivity index (χ1n) is 6.27. The highest BCUT2D eigenvalue weighted by Gasteiger charge is 2.28. The van der Waals surface area contributed by atoms with Crippen molar-refractivity contribution >= 4 is 11.9 Å². The average Bonchev–Trinajstić information content (AvgIpc) is 2.25. The maximum atomic E-state index is 11.8. The monoisotopic (exact) mass is 258 g/mol. The van der Waals surface area contributed by atoms with Crippen LogP contribution in [0.1, 0.15) is 39.0 Å². The third kappa shape index (κ3) is 5.01. The molecule has 0 radical (unpaired) electrons. The first kappa shape index (κ1) is 14.9. The van der Waals surface area contributed by atoms with Gasteiger partial charge in [-0.25, -0.2) is 0 Å². The maximum Gasteiger partial charge on any atom is 0.306 e. The van der Waals surface area contributed by atoms with Gasteiger partial charge in [0.1, 0.15) is 0 Å². The summed E-state index contributed by atoms with van der Waals surface area (Å²) >= 11 is 0. The van der Waals surface area contributed by atoms with Crippen molar-refractivity contribution in [3.63, 3.8) is 0 Å². The van der Waals surface area contributed by atoms with Crippen LogP contribution in [-0.2, 0) is 9.59 Å². The fourth-order valence-electron chi connectivity index (χ4n) is 2.19. The molecule has 18 heavy (non-hydrogen) atoms. The Morgan fingerprint density at radius 2 is 1.89 bits per heavy atom. The number of carboxylic acids is 1. The molecule has 0 saturated heterocycles. The van der Waals surface area contributed by atoms with E-state index in [1.807, 2.05) is 0 Å². The van der Waals surface area contributed by atoms with Gasteiger partial charge in [-0.3, -0.25) is 9.59 Å². The summed E-state index contributed by atoms with van der Waals surface area (Å²) in [5.74, 6) is -1.27. The normalized spacial score (nSPS) is 27.3. The molecule has 1 atom stereocenters. The second kappa shape index (κ2) is 6.15. The molecule has 1 saturated carbocycles. The molecule has 0 aromatic heterocycles. The summed E-state index contributed by atoms with van der Waals surface area (Å²) in [6, 6.07) is 0.184. The maximum absolute atomic E-state index is 11.8. The van der Waals surface area contributed by atoms with Crippen LogP contribution >= 0.6 is 0 Å². The van der Waals surface area contributed by atoms with Gasteiger partial charge in [0.05, 0.1) is 12.0 Å². The van der Waals surface area contributed by atoms with Crippen molar-refractivity contribution in [1.29, 1.82) is 0 Å². The molecular formula is C12H22N2O4. The van der Waals surface area contributed by atoms with Crippen LogP contribution in [0.2, 0.25) is 0 Å². The van der Waals surface area contributed by atoms with E-state index < -0.39 is 11.6 Å². The lowest BCUT2D eigenvalue weighted by Crippen LogP contribution is -2.45. The lowest BCUT2D eigenvalue weighted by atomic mass is 9.86. The molecule has 1 amide bonds. The van der Waals surface area contributed by atoms with E-state index in [2.05, 4.69) is 5.32 Å². The molecular weight excluding hydrogens is 236 g/mol. The van der Waals surface area contributed by atoms with Gasteiger partial charge in [0, 0.05) is 18.5 Å². The Bertz CT molecular complexity index is 309. The van der Waals surface area contributed by atoms with Crippen LogP contribution in [0.3, 0.4) is 0 Å². The summed E-state index contributed by atoms with van der Waals surface area (Å²) in [4.78, 5) is 22.3. The van der Waals surface area contributed by atoms with E-state index in [0.29, 0.717) is 0 Å². The van der Waals surface area contributed by atoms with Gasteiger partial charge in [-0.2, -0.15) is 0 Å². The summed E-state index contributed by atoms with van der Waals surface area (Å²) in [6.07, 6.45) is 2.80. The van der Waals surface area contributed by atoms with Gasteiger partial charge in [-0.05, 0) is 32.6 Å². The molecule has 104 valence electrons. The molecule has 0 spiro atoms. The van der Waals surface area contributed by atoms with Crippen LogP contribution in [0.5, 0.6) is 0 Å². The molecule has 6 heteroatoms. The highest BCUT2D eigenvalue weighted by atomic mass is 16.4. The molecule has 6 nitrogen and oxygen atoms in total. The van der Waals surface area contributed by atoms with E-state index in [4.69, 9.17) is 10.8 Å². The van der Waals surface area contributed by atoms with Crippen molar-refractivity contribution in [1.82, 2.24) is 5.32 Å². The van der Waals surface area contributed by atoms with Gasteiger partial charge in [-0.1, -0.05) is 0 Å². The number of aliphatic carboxylic acids is 1. The first-order valence-corrected chi connectivity index (χ1v) is 6.27. The lowest BCUT2D eigenvalue weighted by Gasteiger charge is -2.27. The third-order valence-electron chi connectivity index (χ3n) is 3.32. The van der Waals surface area contributed by atoms with E-state index in [9.17, 15) is 14.7 Å². The minimum atomic E-state index is -1.41. The van der Waals surface area contributed by atoms with E-state index in [1.165, 1.54) is 6.92 Å². The van der Waals surface area contributed by atoms with E-state index >= 15 is 0 Å². The van der Waals surface area contributed by atoms with Crippen molar-refractivity contribution in [3.8, 4) is 0 Å². The number of amides is 1. The van der Waals surface area contributed by atoms with Crippen LogP contribution < -0.4 is 11.1 Å². The first-order chi connectivity index (χ1) is 8.30. The molecule has 0 bridgehead atoms. The lowest BCUT2D eigenvalue weighted by molar-refractivity contribution is -0.142. The van der Waals surface area contributed by atoms with Crippen LogP contribution in [0.4, 0.5) is 0 Å². The predicted octanol–water partition coefficient (Wildman–Crippen LogP) is -0.154. The van der Waals surface area contributed by atoms with Crippen molar-refractivity contribution in [2.75, 3.05) is 6.54 Å². The Hall–Kier alpha value is -1.14. The van der Waals surface area contributed by atoms with E-state index in [0.717, 1.165) is 25.7 Å². The minimum absolute atomic E-state index is 0.0410. The summed E-state index contributed by atoms with van der Waals surface area (Å²) in [5.41, 5.74) is 4.35. The number of hydrogen-bond donors (Lipinski definition) is 4. The molecule has 0 aliphatic heterocycles. The second-order valence-corrected chi connectivity index (χ2v) is 5.40. The Morgan fingerprint density at radius 1 is 1.33 bits per heavy atom. The van der Waals surface area contributed by atoms with Crippen LogP contribution in [0.25, 0.3) is 0 Å². The highest BCUT2D eigenvalue weighted by molar-refractivity contribution is 5.79. The van der Waals surface area contributed by atoms with Crippen molar-refractivity contribution in [3.05, 3.63) is 0 Å². The molecule has 5 N–H and O–H groups in total. The Balaban J connectivity index is 2.34. The molecule has 1 unspecified atom stereocenters. The fourth-order valence-corrected chi connectivity index (χ4v) is 2.19. The van der Waals surface area contributed by atoms with Crippen LogP contribution in [0, 0.1) is 5.92 Å². The Labute approximate surface area is 107 Å². The van der Waals surface area contributed by atoms with Gasteiger partial charge in [0.2, 0.25) is 5.91 Å². The number of carboxylic acid groups (broad SMARTS) is 1. The minimum Gasteiger partial charge on any atom is -0.481 e. The molecule has 0 aromatic carbocycles. The number of nitrogens with two attached hydrogens (primary N) is 1. The van der Waals surface area contributed by atoms with Gasteiger partial charge in [0.15, 0.2) is 0 Å². The molecule has 1 fully saturated rings. The Kier molecular flexibility index (Phi) is 5.10. The van der Waals surface area contributed by atoms with Crippen molar-refractivity contribution < 1.29 is 19.8 Å². The van der Waals surface area contributed by atoms with Crippen molar-refractivity contribution in [2.24, 2.45) is 11.7 Å².